The summed E-state index contributed by atoms with van der Waals surface area (Å²) in [4.78, 5) is 31.1. The topological polar surface area (TPSA) is 62.3 Å². The summed E-state index contributed by atoms with van der Waals surface area (Å²) in [5.41, 5.74) is 2.61. The monoisotopic (exact) mass is 333 g/mol. The number of amides is 2. The Morgan fingerprint density at radius 2 is 1.54 bits per heavy atom. The molecule has 2 aliphatic rings. The third kappa shape index (κ3) is 2.63. The second-order valence-electron chi connectivity index (χ2n) is 6.17. The predicted molar refractivity (Wildman–Crippen MR) is 87.2 cm³/mol. The number of hydroxylamine groups is 2. The van der Waals surface area contributed by atoms with Crippen LogP contribution in [0.1, 0.15) is 22.6 Å². The molecule has 2 saturated heterocycles. The van der Waals surface area contributed by atoms with Crippen molar-refractivity contribution in [1.29, 1.82) is 0 Å². The molecule has 0 radical (unpaired) electrons. The van der Waals surface area contributed by atoms with Crippen LogP contribution < -0.4 is 4.74 Å². The van der Waals surface area contributed by atoms with Crippen molar-refractivity contribution in [2.45, 2.75) is 19.8 Å². The van der Waals surface area contributed by atoms with E-state index in [1.807, 2.05) is 26.0 Å². The number of carbonyl (C=O) groups excluding carboxylic acids is 2. The second-order valence-corrected chi connectivity index (χ2v) is 6.17. The fourth-order valence-corrected chi connectivity index (χ4v) is 3.54. The Morgan fingerprint density at radius 1 is 0.958 bits per heavy atom. The molecule has 1 aromatic rings. The smallest absolute Gasteiger partial charge is 0.258 e. The minimum Gasteiger partial charge on any atom is -0.496 e. The van der Waals surface area contributed by atoms with Crippen molar-refractivity contribution < 1.29 is 19.2 Å². The number of ether oxygens (including phenoxy) is 1. The first-order valence-electron chi connectivity index (χ1n) is 8.04. The zero-order chi connectivity index (χ0) is 17.4. The standard InChI is InChI=1S/C17H23N3O4/c1-11-9-12(2)14(13(10-11)23-3)15-16(21)19-7-5-18(24-4)6-8-20(19)17(15)22/h9-10,15H,5-8H2,1-4H3. The highest BCUT2D eigenvalue weighted by Gasteiger charge is 2.48. The number of carbonyl (C=O) groups is 2. The van der Waals surface area contributed by atoms with Crippen LogP contribution >= 0.6 is 0 Å². The fourth-order valence-electron chi connectivity index (χ4n) is 3.54. The third-order valence-corrected chi connectivity index (χ3v) is 4.68. The summed E-state index contributed by atoms with van der Waals surface area (Å²) in [6.07, 6.45) is 0. The summed E-state index contributed by atoms with van der Waals surface area (Å²) in [7, 11) is 3.16. The van der Waals surface area contributed by atoms with Gasteiger partial charge in [-0.1, -0.05) is 6.07 Å². The quantitative estimate of drug-likeness (QED) is 0.768. The maximum Gasteiger partial charge on any atom is 0.258 e. The van der Waals surface area contributed by atoms with Crippen LogP contribution in [0.25, 0.3) is 0 Å². The molecule has 0 bridgehead atoms. The number of rotatable bonds is 3. The molecule has 2 fully saturated rings. The molecule has 2 aliphatic heterocycles. The minimum absolute atomic E-state index is 0.191. The van der Waals surface area contributed by atoms with E-state index in [-0.39, 0.29) is 11.8 Å². The van der Waals surface area contributed by atoms with Crippen LogP contribution in [0.5, 0.6) is 5.75 Å². The van der Waals surface area contributed by atoms with Gasteiger partial charge in [0.1, 0.15) is 11.7 Å². The van der Waals surface area contributed by atoms with E-state index in [9.17, 15) is 9.59 Å². The number of hydrogen-bond donors (Lipinski definition) is 0. The van der Waals surface area contributed by atoms with Gasteiger partial charge in [-0.05, 0) is 31.0 Å². The van der Waals surface area contributed by atoms with E-state index in [1.54, 1.807) is 29.3 Å². The lowest BCUT2D eigenvalue weighted by Gasteiger charge is -2.23. The van der Waals surface area contributed by atoms with E-state index in [2.05, 4.69) is 0 Å². The van der Waals surface area contributed by atoms with Crippen molar-refractivity contribution in [2.24, 2.45) is 0 Å². The zero-order valence-corrected chi connectivity index (χ0v) is 14.5. The van der Waals surface area contributed by atoms with Crippen molar-refractivity contribution in [3.8, 4) is 5.75 Å². The molecular formula is C17H23N3O4. The number of methoxy groups -OCH3 is 1. The van der Waals surface area contributed by atoms with Crippen LogP contribution in [0.2, 0.25) is 0 Å². The molecular weight excluding hydrogens is 310 g/mol. The first-order chi connectivity index (χ1) is 11.5. The van der Waals surface area contributed by atoms with Crippen LogP contribution in [0, 0.1) is 13.8 Å². The summed E-state index contributed by atoms with van der Waals surface area (Å²) in [6, 6.07) is 3.85. The summed E-state index contributed by atoms with van der Waals surface area (Å²) in [5, 5.41) is 4.85. The molecule has 0 saturated carbocycles. The lowest BCUT2D eigenvalue weighted by Crippen LogP contribution is -2.41. The van der Waals surface area contributed by atoms with E-state index in [0.29, 0.717) is 37.5 Å². The average Bonchev–Trinajstić information content (AvgIpc) is 2.71. The van der Waals surface area contributed by atoms with Crippen molar-refractivity contribution in [3.05, 3.63) is 28.8 Å². The first kappa shape index (κ1) is 16.7. The number of hydrazine groups is 1. The van der Waals surface area contributed by atoms with Gasteiger partial charge in [0, 0.05) is 18.7 Å². The second kappa shape index (κ2) is 6.41. The van der Waals surface area contributed by atoms with Crippen molar-refractivity contribution in [3.63, 3.8) is 0 Å². The zero-order valence-electron chi connectivity index (χ0n) is 14.5. The molecule has 0 aromatic heterocycles. The molecule has 0 atom stereocenters. The van der Waals surface area contributed by atoms with E-state index in [0.717, 1.165) is 11.1 Å². The maximum atomic E-state index is 13.0. The lowest BCUT2D eigenvalue weighted by molar-refractivity contribution is -0.145. The molecule has 7 heteroatoms. The molecule has 2 amide bonds. The van der Waals surface area contributed by atoms with Crippen LogP contribution in [0.3, 0.4) is 0 Å². The highest BCUT2D eigenvalue weighted by atomic mass is 16.7. The van der Waals surface area contributed by atoms with Crippen molar-refractivity contribution in [2.75, 3.05) is 40.4 Å². The number of fused-ring (bicyclic) bond motifs is 1. The van der Waals surface area contributed by atoms with Gasteiger partial charge >= 0.3 is 0 Å². The van der Waals surface area contributed by atoms with E-state index in [1.165, 1.54) is 0 Å². The molecule has 0 spiro atoms. The predicted octanol–water partition coefficient (Wildman–Crippen LogP) is 0.858. The summed E-state index contributed by atoms with van der Waals surface area (Å²) >= 11 is 0. The van der Waals surface area contributed by atoms with E-state index in [4.69, 9.17) is 9.57 Å². The SMILES string of the molecule is COc1cc(C)cc(C)c1C1C(=O)N2CCN(OC)CCN2C1=O. The fraction of sp³-hybridized carbons (Fsp3) is 0.529. The first-order valence-corrected chi connectivity index (χ1v) is 8.04. The average molecular weight is 333 g/mol. The number of benzene rings is 1. The van der Waals surface area contributed by atoms with Crippen LogP contribution in [-0.2, 0) is 14.4 Å². The lowest BCUT2D eigenvalue weighted by atomic mass is 9.91. The van der Waals surface area contributed by atoms with E-state index < -0.39 is 5.92 Å². The summed E-state index contributed by atoms with van der Waals surface area (Å²) < 4.78 is 5.46. The van der Waals surface area contributed by atoms with Crippen molar-refractivity contribution >= 4 is 11.8 Å². The molecule has 2 heterocycles. The Morgan fingerprint density at radius 3 is 2.04 bits per heavy atom. The Kier molecular flexibility index (Phi) is 4.47. The van der Waals surface area contributed by atoms with Gasteiger partial charge in [-0.3, -0.25) is 9.59 Å². The Balaban J connectivity index is 1.98. The summed E-state index contributed by atoms with van der Waals surface area (Å²) in [6.45, 7) is 5.89. The van der Waals surface area contributed by atoms with Crippen molar-refractivity contribution in [1.82, 2.24) is 15.1 Å². The molecule has 1 aromatic carbocycles. The molecule has 130 valence electrons. The van der Waals surface area contributed by atoms with Gasteiger partial charge < -0.3 is 9.57 Å². The van der Waals surface area contributed by atoms with Gasteiger partial charge in [-0.15, -0.1) is 0 Å². The highest BCUT2D eigenvalue weighted by Crippen LogP contribution is 2.37. The van der Waals surface area contributed by atoms with Gasteiger partial charge in [0.05, 0.1) is 27.3 Å². The summed E-state index contributed by atoms with van der Waals surface area (Å²) in [5.74, 6) is -0.613. The molecule has 0 aliphatic carbocycles. The van der Waals surface area contributed by atoms with Gasteiger partial charge in [-0.25, -0.2) is 10.0 Å². The highest BCUT2D eigenvalue weighted by molar-refractivity contribution is 6.11. The van der Waals surface area contributed by atoms with Crippen LogP contribution in [0.15, 0.2) is 12.1 Å². The number of nitrogens with zero attached hydrogens (tertiary/aromatic N) is 3. The molecule has 7 nitrogen and oxygen atoms in total. The maximum absolute atomic E-state index is 13.0. The van der Waals surface area contributed by atoms with Gasteiger partial charge in [-0.2, -0.15) is 5.06 Å². The Labute approximate surface area is 141 Å². The van der Waals surface area contributed by atoms with Crippen LogP contribution in [0.4, 0.5) is 0 Å². The Bertz CT molecular complexity index is 650. The molecule has 0 N–H and O–H groups in total. The Hall–Kier alpha value is -2.12. The molecule has 24 heavy (non-hydrogen) atoms. The third-order valence-electron chi connectivity index (χ3n) is 4.68. The van der Waals surface area contributed by atoms with Gasteiger partial charge in [0.2, 0.25) is 0 Å². The molecule has 3 rings (SSSR count). The normalized spacial score (nSPS) is 19.7. The largest absolute Gasteiger partial charge is 0.496 e. The van der Waals surface area contributed by atoms with Crippen LogP contribution in [-0.4, -0.2) is 67.3 Å². The number of hydrogen-bond acceptors (Lipinski definition) is 5. The minimum atomic E-state index is -0.824. The van der Waals surface area contributed by atoms with Gasteiger partial charge in [0.15, 0.2) is 0 Å². The van der Waals surface area contributed by atoms with Gasteiger partial charge in [0.25, 0.3) is 11.8 Å². The molecule has 0 unspecified atom stereocenters. The van der Waals surface area contributed by atoms with E-state index >= 15 is 0 Å². The number of aryl methyl sites for hydroxylation is 2.